The summed E-state index contributed by atoms with van der Waals surface area (Å²) in [6.07, 6.45) is 6.52. The molecule has 0 aliphatic carbocycles. The number of sulfonamides is 1. The molecule has 0 spiro atoms. The van der Waals surface area contributed by atoms with Gasteiger partial charge in [-0.2, -0.15) is 5.10 Å². The molecule has 3 N–H and O–H groups in total. The number of carbonyl (C=O) groups excluding carboxylic acids is 1. The fourth-order valence-corrected chi connectivity index (χ4v) is 4.98. The van der Waals surface area contributed by atoms with E-state index in [0.717, 1.165) is 30.3 Å². The first-order valence-electron chi connectivity index (χ1n) is 10.8. The Kier molecular flexibility index (Phi) is 7.23. The minimum Gasteiger partial charge on any atom is -0.489 e. The molecule has 0 saturated carbocycles. The Bertz CT molecular complexity index is 1190. The number of amides is 1. The SMILES string of the molecule is O=C(NO)[C@H](CNS(=O)(=O)c1ccc(OCc2cnn3ccccc23)cc1)N1CCCCC1. The van der Waals surface area contributed by atoms with Crippen LogP contribution in [0.3, 0.4) is 0 Å². The van der Waals surface area contributed by atoms with Gasteiger partial charge in [-0.15, -0.1) is 0 Å². The van der Waals surface area contributed by atoms with Crippen LogP contribution in [-0.2, 0) is 21.4 Å². The fourth-order valence-electron chi connectivity index (χ4n) is 3.94. The number of aromatic nitrogens is 2. The van der Waals surface area contributed by atoms with Crippen LogP contribution in [0.4, 0.5) is 0 Å². The first-order chi connectivity index (χ1) is 16.0. The van der Waals surface area contributed by atoms with Gasteiger partial charge in [0, 0.05) is 18.3 Å². The quantitative estimate of drug-likeness (QED) is 0.318. The van der Waals surface area contributed by atoms with Crippen molar-refractivity contribution < 1.29 is 23.2 Å². The Morgan fingerprint density at radius 3 is 2.61 bits per heavy atom. The second-order valence-corrected chi connectivity index (χ2v) is 9.67. The normalized spacial score (nSPS) is 15.9. The highest BCUT2D eigenvalue weighted by Crippen LogP contribution is 2.19. The number of carbonyl (C=O) groups is 1. The fraction of sp³-hybridized carbons (Fsp3) is 0.364. The van der Waals surface area contributed by atoms with Crippen LogP contribution in [0.5, 0.6) is 5.75 Å². The summed E-state index contributed by atoms with van der Waals surface area (Å²) >= 11 is 0. The summed E-state index contributed by atoms with van der Waals surface area (Å²) in [7, 11) is -3.85. The number of likely N-dealkylation sites (tertiary alicyclic amines) is 1. The van der Waals surface area contributed by atoms with E-state index < -0.39 is 22.0 Å². The molecule has 10 nitrogen and oxygen atoms in total. The predicted molar refractivity (Wildman–Crippen MR) is 120 cm³/mol. The maximum atomic E-state index is 12.8. The van der Waals surface area contributed by atoms with E-state index in [1.165, 1.54) is 12.1 Å². The third-order valence-electron chi connectivity index (χ3n) is 5.75. The second kappa shape index (κ2) is 10.3. The number of ether oxygens (including phenoxy) is 1. The molecule has 11 heteroatoms. The van der Waals surface area contributed by atoms with Crippen LogP contribution in [0.2, 0.25) is 0 Å². The summed E-state index contributed by atoms with van der Waals surface area (Å²) in [5.74, 6) is -0.105. The van der Waals surface area contributed by atoms with Crippen molar-refractivity contribution in [1.82, 2.24) is 24.7 Å². The lowest BCUT2D eigenvalue weighted by atomic mass is 10.1. The van der Waals surface area contributed by atoms with Gasteiger partial charge in [0.1, 0.15) is 18.4 Å². The van der Waals surface area contributed by atoms with Crippen LogP contribution in [-0.4, -0.2) is 59.7 Å². The standard InChI is InChI=1S/C22H27N5O5S/c28-22(25-29)21(26-11-3-1-4-12-26)15-24-33(30,31)19-9-7-18(8-10-19)32-16-17-14-23-27-13-5-2-6-20(17)27/h2,5-10,13-14,21,24,29H,1,3-4,11-12,15-16H2,(H,25,28)/t21-/m0/s1. The predicted octanol–water partition coefficient (Wildman–Crippen LogP) is 1.55. The van der Waals surface area contributed by atoms with Crippen LogP contribution in [0.25, 0.3) is 5.52 Å². The van der Waals surface area contributed by atoms with Gasteiger partial charge < -0.3 is 4.74 Å². The van der Waals surface area contributed by atoms with E-state index in [0.29, 0.717) is 25.4 Å². The average molecular weight is 474 g/mol. The Morgan fingerprint density at radius 1 is 1.12 bits per heavy atom. The zero-order valence-electron chi connectivity index (χ0n) is 18.1. The summed E-state index contributed by atoms with van der Waals surface area (Å²) < 4.78 is 35.6. The van der Waals surface area contributed by atoms with E-state index in [2.05, 4.69) is 9.82 Å². The van der Waals surface area contributed by atoms with Crippen LogP contribution < -0.4 is 14.9 Å². The van der Waals surface area contributed by atoms with E-state index in [4.69, 9.17) is 9.94 Å². The Hall–Kier alpha value is -2.99. The molecule has 1 aliphatic heterocycles. The molecule has 1 fully saturated rings. The van der Waals surface area contributed by atoms with Crippen molar-refractivity contribution in [3.05, 3.63) is 60.4 Å². The number of piperidine rings is 1. The largest absolute Gasteiger partial charge is 0.489 e. The molecule has 3 aromatic rings. The Morgan fingerprint density at radius 2 is 1.88 bits per heavy atom. The number of hydroxylamine groups is 1. The van der Waals surface area contributed by atoms with Crippen LogP contribution in [0, 0.1) is 0 Å². The number of rotatable bonds is 9. The van der Waals surface area contributed by atoms with Gasteiger partial charge in [0.15, 0.2) is 0 Å². The molecular weight excluding hydrogens is 446 g/mol. The lowest BCUT2D eigenvalue weighted by molar-refractivity contribution is -0.135. The lowest BCUT2D eigenvalue weighted by Crippen LogP contribution is -2.53. The summed E-state index contributed by atoms with van der Waals surface area (Å²) in [6, 6.07) is 11.1. The number of benzene rings is 1. The first kappa shape index (κ1) is 23.2. The third kappa shape index (κ3) is 5.50. The zero-order valence-corrected chi connectivity index (χ0v) is 18.9. The zero-order chi connectivity index (χ0) is 23.3. The molecule has 0 bridgehead atoms. The molecule has 4 rings (SSSR count). The minimum absolute atomic E-state index is 0.0626. The highest BCUT2D eigenvalue weighted by molar-refractivity contribution is 7.89. The molecule has 1 aliphatic rings. The van der Waals surface area contributed by atoms with Crippen molar-refractivity contribution in [1.29, 1.82) is 0 Å². The van der Waals surface area contributed by atoms with Crippen molar-refractivity contribution in [3.63, 3.8) is 0 Å². The number of hydrogen-bond acceptors (Lipinski definition) is 7. The average Bonchev–Trinajstić information content (AvgIpc) is 3.26. The van der Waals surface area contributed by atoms with Gasteiger partial charge in [-0.1, -0.05) is 12.5 Å². The molecule has 176 valence electrons. The molecule has 1 saturated heterocycles. The third-order valence-corrected chi connectivity index (χ3v) is 7.19. The highest BCUT2D eigenvalue weighted by Gasteiger charge is 2.28. The summed E-state index contributed by atoms with van der Waals surface area (Å²) in [4.78, 5) is 14.0. The molecule has 1 amide bonds. The van der Waals surface area contributed by atoms with Crippen molar-refractivity contribution in [3.8, 4) is 5.75 Å². The maximum Gasteiger partial charge on any atom is 0.262 e. The number of hydrogen-bond donors (Lipinski definition) is 3. The summed E-state index contributed by atoms with van der Waals surface area (Å²) in [5.41, 5.74) is 3.50. The van der Waals surface area contributed by atoms with Crippen molar-refractivity contribution in [2.24, 2.45) is 0 Å². The molecule has 33 heavy (non-hydrogen) atoms. The number of nitrogens with one attached hydrogen (secondary N) is 2. The van der Waals surface area contributed by atoms with Gasteiger partial charge in [-0.05, 0) is 62.3 Å². The Labute approximate surface area is 192 Å². The lowest BCUT2D eigenvalue weighted by Gasteiger charge is -2.33. The van der Waals surface area contributed by atoms with Crippen molar-refractivity contribution in [2.45, 2.75) is 36.8 Å². The van der Waals surface area contributed by atoms with E-state index in [1.807, 2.05) is 29.3 Å². The van der Waals surface area contributed by atoms with Gasteiger partial charge in [-0.3, -0.25) is 14.9 Å². The van der Waals surface area contributed by atoms with Gasteiger partial charge in [0.2, 0.25) is 10.0 Å². The van der Waals surface area contributed by atoms with Crippen molar-refractivity contribution >= 4 is 21.4 Å². The molecule has 0 unspecified atom stereocenters. The van der Waals surface area contributed by atoms with Gasteiger partial charge in [0.25, 0.3) is 5.91 Å². The monoisotopic (exact) mass is 473 g/mol. The maximum absolute atomic E-state index is 12.8. The molecule has 1 aromatic carbocycles. The Balaban J connectivity index is 1.38. The van der Waals surface area contributed by atoms with E-state index in [9.17, 15) is 13.2 Å². The van der Waals surface area contributed by atoms with E-state index in [-0.39, 0.29) is 11.4 Å². The highest BCUT2D eigenvalue weighted by atomic mass is 32.2. The number of pyridine rings is 1. The smallest absolute Gasteiger partial charge is 0.262 e. The second-order valence-electron chi connectivity index (χ2n) is 7.90. The molecule has 3 heterocycles. The van der Waals surface area contributed by atoms with E-state index in [1.54, 1.807) is 28.3 Å². The minimum atomic E-state index is -3.85. The van der Waals surface area contributed by atoms with Crippen LogP contribution >= 0.6 is 0 Å². The van der Waals surface area contributed by atoms with Crippen LogP contribution in [0.15, 0.2) is 59.8 Å². The van der Waals surface area contributed by atoms with Gasteiger partial charge in [-0.25, -0.2) is 23.1 Å². The molecule has 1 atom stereocenters. The summed E-state index contributed by atoms with van der Waals surface area (Å²) in [5, 5.41) is 13.3. The molecular formula is C22H27N5O5S. The number of nitrogens with zero attached hydrogens (tertiary/aromatic N) is 3. The van der Waals surface area contributed by atoms with Gasteiger partial charge >= 0.3 is 0 Å². The van der Waals surface area contributed by atoms with Crippen molar-refractivity contribution in [2.75, 3.05) is 19.6 Å². The van der Waals surface area contributed by atoms with Crippen LogP contribution in [0.1, 0.15) is 24.8 Å². The molecule has 0 radical (unpaired) electrons. The topological polar surface area (TPSA) is 125 Å². The van der Waals surface area contributed by atoms with E-state index >= 15 is 0 Å². The summed E-state index contributed by atoms with van der Waals surface area (Å²) in [6.45, 7) is 1.52. The van der Waals surface area contributed by atoms with Gasteiger partial charge in [0.05, 0.1) is 16.6 Å². The first-order valence-corrected chi connectivity index (χ1v) is 12.3. The number of fused-ring (bicyclic) bond motifs is 1. The molecule has 2 aromatic heterocycles.